The van der Waals surface area contributed by atoms with Crippen LogP contribution in [0.25, 0.3) is 0 Å². The number of ether oxygens (including phenoxy) is 1. The SMILES string of the molecule is CNc1cc(Oc2ccccc2[N+](=O)[O-])nc(C)n1. The van der Waals surface area contributed by atoms with Gasteiger partial charge in [0.15, 0.2) is 0 Å². The Balaban J connectivity index is 2.36. The Bertz CT molecular complexity index is 616. The second-order valence-electron chi connectivity index (χ2n) is 3.72. The van der Waals surface area contributed by atoms with Crippen LogP contribution in [-0.2, 0) is 0 Å². The zero-order valence-electron chi connectivity index (χ0n) is 10.5. The van der Waals surface area contributed by atoms with Gasteiger partial charge in [0.25, 0.3) is 0 Å². The lowest BCUT2D eigenvalue weighted by molar-refractivity contribution is -0.385. The number of nitrogens with one attached hydrogen (secondary N) is 1. The summed E-state index contributed by atoms with van der Waals surface area (Å²) in [6.45, 7) is 1.72. The number of hydrogen-bond acceptors (Lipinski definition) is 6. The smallest absolute Gasteiger partial charge is 0.311 e. The van der Waals surface area contributed by atoms with Crippen LogP contribution in [0.15, 0.2) is 30.3 Å². The first-order valence-electron chi connectivity index (χ1n) is 5.55. The molecule has 98 valence electrons. The first kappa shape index (κ1) is 12.7. The first-order chi connectivity index (χ1) is 9.10. The third kappa shape index (κ3) is 2.95. The average Bonchev–Trinajstić information content (AvgIpc) is 2.38. The lowest BCUT2D eigenvalue weighted by Gasteiger charge is -2.07. The molecule has 0 fully saturated rings. The van der Waals surface area contributed by atoms with E-state index in [9.17, 15) is 10.1 Å². The van der Waals surface area contributed by atoms with Crippen molar-refractivity contribution in [2.24, 2.45) is 0 Å². The van der Waals surface area contributed by atoms with Gasteiger partial charge >= 0.3 is 5.69 Å². The molecule has 19 heavy (non-hydrogen) atoms. The maximum Gasteiger partial charge on any atom is 0.311 e. The van der Waals surface area contributed by atoms with Crippen molar-refractivity contribution in [3.8, 4) is 11.6 Å². The second-order valence-corrected chi connectivity index (χ2v) is 3.72. The molecule has 0 aliphatic heterocycles. The zero-order chi connectivity index (χ0) is 13.8. The molecule has 0 atom stereocenters. The Morgan fingerprint density at radius 3 is 2.74 bits per heavy atom. The quantitative estimate of drug-likeness (QED) is 0.671. The third-order valence-electron chi connectivity index (χ3n) is 2.35. The van der Waals surface area contributed by atoms with Crippen LogP contribution in [0.5, 0.6) is 11.6 Å². The van der Waals surface area contributed by atoms with Crippen LogP contribution in [-0.4, -0.2) is 21.9 Å². The minimum absolute atomic E-state index is 0.107. The number of rotatable bonds is 4. The van der Waals surface area contributed by atoms with Crippen molar-refractivity contribution < 1.29 is 9.66 Å². The molecule has 2 aromatic rings. The van der Waals surface area contributed by atoms with Gasteiger partial charge in [-0.25, -0.2) is 4.98 Å². The Labute approximate surface area is 109 Å². The molecule has 0 amide bonds. The van der Waals surface area contributed by atoms with Gasteiger partial charge in [-0.05, 0) is 13.0 Å². The lowest BCUT2D eigenvalue weighted by Crippen LogP contribution is -1.99. The standard InChI is InChI=1S/C12H12N4O3/c1-8-14-11(13-2)7-12(15-8)19-10-6-4-3-5-9(10)16(17)18/h3-7H,1-2H3,(H,13,14,15). The van der Waals surface area contributed by atoms with Gasteiger partial charge in [0, 0.05) is 19.2 Å². The van der Waals surface area contributed by atoms with E-state index in [1.54, 1.807) is 32.2 Å². The summed E-state index contributed by atoms with van der Waals surface area (Å²) in [7, 11) is 1.72. The molecule has 1 heterocycles. The van der Waals surface area contributed by atoms with Crippen LogP contribution >= 0.6 is 0 Å². The molecule has 0 aliphatic rings. The van der Waals surface area contributed by atoms with E-state index < -0.39 is 4.92 Å². The van der Waals surface area contributed by atoms with Gasteiger partial charge in [0.2, 0.25) is 11.6 Å². The highest BCUT2D eigenvalue weighted by molar-refractivity contribution is 5.48. The van der Waals surface area contributed by atoms with E-state index in [4.69, 9.17) is 4.74 Å². The zero-order valence-corrected chi connectivity index (χ0v) is 10.5. The topological polar surface area (TPSA) is 90.2 Å². The number of aryl methyl sites for hydroxylation is 1. The minimum Gasteiger partial charge on any atom is -0.432 e. The van der Waals surface area contributed by atoms with Crippen LogP contribution in [0.2, 0.25) is 0 Å². The van der Waals surface area contributed by atoms with Crippen molar-refractivity contribution in [1.82, 2.24) is 9.97 Å². The molecule has 0 spiro atoms. The maximum absolute atomic E-state index is 10.9. The van der Waals surface area contributed by atoms with E-state index in [0.717, 1.165) is 0 Å². The first-order valence-corrected chi connectivity index (χ1v) is 5.55. The fourth-order valence-electron chi connectivity index (χ4n) is 1.53. The molecule has 7 heteroatoms. The van der Waals surface area contributed by atoms with Gasteiger partial charge < -0.3 is 10.1 Å². The number of aromatic nitrogens is 2. The van der Waals surface area contributed by atoms with E-state index in [1.165, 1.54) is 12.1 Å². The predicted octanol–water partition coefficient (Wildman–Crippen LogP) is 2.53. The van der Waals surface area contributed by atoms with Crippen LogP contribution in [0.1, 0.15) is 5.82 Å². The molecule has 0 saturated carbocycles. The molecule has 7 nitrogen and oxygen atoms in total. The largest absolute Gasteiger partial charge is 0.432 e. The number of anilines is 1. The summed E-state index contributed by atoms with van der Waals surface area (Å²) in [6.07, 6.45) is 0. The molecule has 0 radical (unpaired) electrons. The highest BCUT2D eigenvalue weighted by atomic mass is 16.6. The molecule has 0 bridgehead atoms. The number of hydrogen-bond donors (Lipinski definition) is 1. The number of nitro benzene ring substituents is 1. The molecular formula is C12H12N4O3. The van der Waals surface area contributed by atoms with Crippen LogP contribution < -0.4 is 10.1 Å². The van der Waals surface area contributed by atoms with Crippen molar-refractivity contribution in [2.75, 3.05) is 12.4 Å². The molecule has 1 N–H and O–H groups in total. The highest BCUT2D eigenvalue weighted by Gasteiger charge is 2.15. The van der Waals surface area contributed by atoms with Gasteiger partial charge in [0.1, 0.15) is 11.6 Å². The van der Waals surface area contributed by atoms with Crippen molar-refractivity contribution in [2.45, 2.75) is 6.92 Å². The Morgan fingerprint density at radius 2 is 2.05 bits per heavy atom. The van der Waals surface area contributed by atoms with E-state index in [2.05, 4.69) is 15.3 Å². The van der Waals surface area contributed by atoms with Gasteiger partial charge in [-0.15, -0.1) is 0 Å². The van der Waals surface area contributed by atoms with Crippen LogP contribution in [0.3, 0.4) is 0 Å². The summed E-state index contributed by atoms with van der Waals surface area (Å²) in [5.74, 6) is 1.50. The Hall–Kier alpha value is -2.70. The van der Waals surface area contributed by atoms with Gasteiger partial charge in [-0.1, -0.05) is 12.1 Å². The monoisotopic (exact) mass is 260 g/mol. The predicted molar refractivity (Wildman–Crippen MR) is 69.5 cm³/mol. The average molecular weight is 260 g/mol. The lowest BCUT2D eigenvalue weighted by atomic mass is 10.3. The maximum atomic E-state index is 10.9. The van der Waals surface area contributed by atoms with Crippen molar-refractivity contribution >= 4 is 11.5 Å². The van der Waals surface area contributed by atoms with Crippen molar-refractivity contribution in [3.05, 3.63) is 46.3 Å². The van der Waals surface area contributed by atoms with E-state index >= 15 is 0 Å². The molecular weight excluding hydrogens is 248 g/mol. The number of para-hydroxylation sites is 2. The normalized spacial score (nSPS) is 10.0. The fourth-order valence-corrected chi connectivity index (χ4v) is 1.53. The van der Waals surface area contributed by atoms with Crippen molar-refractivity contribution in [1.29, 1.82) is 0 Å². The molecule has 2 rings (SSSR count). The number of nitrogens with zero attached hydrogens (tertiary/aromatic N) is 3. The summed E-state index contributed by atoms with van der Waals surface area (Å²) in [5, 5.41) is 13.7. The van der Waals surface area contributed by atoms with E-state index in [0.29, 0.717) is 11.6 Å². The van der Waals surface area contributed by atoms with Crippen LogP contribution in [0.4, 0.5) is 11.5 Å². The van der Waals surface area contributed by atoms with E-state index in [-0.39, 0.29) is 17.3 Å². The number of benzene rings is 1. The molecule has 1 aromatic heterocycles. The summed E-state index contributed by atoms with van der Waals surface area (Å²) < 4.78 is 5.46. The Kier molecular flexibility index (Phi) is 3.56. The van der Waals surface area contributed by atoms with Gasteiger partial charge in [-0.3, -0.25) is 10.1 Å². The summed E-state index contributed by atoms with van der Waals surface area (Å²) in [5.41, 5.74) is -0.107. The summed E-state index contributed by atoms with van der Waals surface area (Å²) in [6, 6.07) is 7.71. The van der Waals surface area contributed by atoms with Crippen LogP contribution in [0, 0.1) is 17.0 Å². The summed E-state index contributed by atoms with van der Waals surface area (Å²) >= 11 is 0. The number of nitro groups is 1. The molecule has 1 aromatic carbocycles. The Morgan fingerprint density at radius 1 is 1.32 bits per heavy atom. The third-order valence-corrected chi connectivity index (χ3v) is 2.35. The molecule has 0 aliphatic carbocycles. The van der Waals surface area contributed by atoms with Crippen molar-refractivity contribution in [3.63, 3.8) is 0 Å². The second kappa shape index (κ2) is 5.30. The van der Waals surface area contributed by atoms with Gasteiger partial charge in [-0.2, -0.15) is 4.98 Å². The molecule has 0 unspecified atom stereocenters. The minimum atomic E-state index is -0.498. The van der Waals surface area contributed by atoms with E-state index in [1.807, 2.05) is 0 Å². The van der Waals surface area contributed by atoms with Gasteiger partial charge in [0.05, 0.1) is 4.92 Å². The molecule has 0 saturated heterocycles. The highest BCUT2D eigenvalue weighted by Crippen LogP contribution is 2.30. The fraction of sp³-hybridized carbons (Fsp3) is 0.167. The summed E-state index contributed by atoms with van der Waals surface area (Å²) in [4.78, 5) is 18.6.